The Morgan fingerprint density at radius 1 is 1.41 bits per heavy atom. The van der Waals surface area contributed by atoms with Crippen LogP contribution >= 0.6 is 0 Å². The fourth-order valence-electron chi connectivity index (χ4n) is 2.46. The number of aryl methyl sites for hydroxylation is 1. The SMILES string of the molecule is O=C(O)c1nnn(CCCO)c1C1CCCC1. The highest BCUT2D eigenvalue weighted by molar-refractivity contribution is 5.86. The second kappa shape index (κ2) is 5.27. The summed E-state index contributed by atoms with van der Waals surface area (Å²) in [6.07, 6.45) is 4.85. The van der Waals surface area contributed by atoms with Crippen molar-refractivity contribution in [3.63, 3.8) is 0 Å². The molecule has 2 N–H and O–H groups in total. The van der Waals surface area contributed by atoms with Crippen molar-refractivity contribution in [2.45, 2.75) is 44.6 Å². The van der Waals surface area contributed by atoms with E-state index in [-0.39, 0.29) is 18.2 Å². The Balaban J connectivity index is 2.28. The molecule has 1 fully saturated rings. The predicted molar refractivity (Wildman–Crippen MR) is 59.9 cm³/mol. The van der Waals surface area contributed by atoms with E-state index in [1.165, 1.54) is 0 Å². The zero-order chi connectivity index (χ0) is 12.3. The first-order valence-corrected chi connectivity index (χ1v) is 6.01. The Labute approximate surface area is 99.3 Å². The van der Waals surface area contributed by atoms with Crippen LogP contribution in [0.4, 0.5) is 0 Å². The molecule has 0 aliphatic heterocycles. The molecule has 0 spiro atoms. The van der Waals surface area contributed by atoms with Crippen LogP contribution in [-0.4, -0.2) is 37.8 Å². The highest BCUT2D eigenvalue weighted by Gasteiger charge is 2.28. The summed E-state index contributed by atoms with van der Waals surface area (Å²) < 4.78 is 1.65. The molecule has 0 saturated heterocycles. The van der Waals surface area contributed by atoms with Crippen LogP contribution in [0, 0.1) is 0 Å². The smallest absolute Gasteiger partial charge is 0.358 e. The van der Waals surface area contributed by atoms with Gasteiger partial charge in [-0.25, -0.2) is 9.48 Å². The van der Waals surface area contributed by atoms with Crippen LogP contribution in [0.15, 0.2) is 0 Å². The number of nitrogens with zero attached hydrogens (tertiary/aromatic N) is 3. The molecule has 0 aromatic carbocycles. The minimum Gasteiger partial charge on any atom is -0.476 e. The van der Waals surface area contributed by atoms with Crippen LogP contribution in [0.2, 0.25) is 0 Å². The topological polar surface area (TPSA) is 88.2 Å². The molecule has 17 heavy (non-hydrogen) atoms. The van der Waals surface area contributed by atoms with E-state index in [0.717, 1.165) is 31.4 Å². The fraction of sp³-hybridized carbons (Fsp3) is 0.727. The van der Waals surface area contributed by atoms with Crippen molar-refractivity contribution < 1.29 is 15.0 Å². The summed E-state index contributed by atoms with van der Waals surface area (Å²) in [6, 6.07) is 0. The Bertz CT molecular complexity index is 397. The highest BCUT2D eigenvalue weighted by atomic mass is 16.4. The first-order valence-electron chi connectivity index (χ1n) is 6.01. The quantitative estimate of drug-likeness (QED) is 0.800. The predicted octanol–water partition coefficient (Wildman–Crippen LogP) is 1.02. The minimum atomic E-state index is -1.01. The molecular formula is C11H17N3O3. The van der Waals surface area contributed by atoms with Crippen LogP contribution in [0.1, 0.15) is 54.2 Å². The molecule has 0 amide bonds. The number of rotatable bonds is 5. The zero-order valence-corrected chi connectivity index (χ0v) is 9.67. The number of hydrogen-bond donors (Lipinski definition) is 2. The van der Waals surface area contributed by atoms with Gasteiger partial charge in [-0.1, -0.05) is 18.1 Å². The first-order chi connectivity index (χ1) is 8.24. The molecule has 0 unspecified atom stereocenters. The van der Waals surface area contributed by atoms with E-state index in [9.17, 15) is 4.79 Å². The fourth-order valence-corrected chi connectivity index (χ4v) is 2.46. The number of aliphatic hydroxyl groups excluding tert-OH is 1. The molecule has 0 bridgehead atoms. The monoisotopic (exact) mass is 239 g/mol. The number of aromatic nitrogens is 3. The first kappa shape index (κ1) is 12.0. The van der Waals surface area contributed by atoms with Crippen molar-refractivity contribution >= 4 is 5.97 Å². The largest absolute Gasteiger partial charge is 0.476 e. The molecule has 94 valence electrons. The normalized spacial score (nSPS) is 16.5. The molecule has 1 aliphatic carbocycles. The van der Waals surface area contributed by atoms with Crippen molar-refractivity contribution in [3.05, 3.63) is 11.4 Å². The van der Waals surface area contributed by atoms with E-state index in [0.29, 0.717) is 13.0 Å². The van der Waals surface area contributed by atoms with Gasteiger partial charge >= 0.3 is 5.97 Å². The van der Waals surface area contributed by atoms with Gasteiger partial charge in [-0.15, -0.1) is 5.10 Å². The third kappa shape index (κ3) is 2.46. The summed E-state index contributed by atoms with van der Waals surface area (Å²) in [4.78, 5) is 11.1. The second-order valence-corrected chi connectivity index (χ2v) is 4.41. The third-order valence-corrected chi connectivity index (χ3v) is 3.25. The lowest BCUT2D eigenvalue weighted by Gasteiger charge is -2.12. The van der Waals surface area contributed by atoms with Crippen LogP contribution in [0.5, 0.6) is 0 Å². The van der Waals surface area contributed by atoms with Gasteiger partial charge in [0.1, 0.15) is 0 Å². The number of hydrogen-bond acceptors (Lipinski definition) is 4. The molecule has 1 aromatic heterocycles. The van der Waals surface area contributed by atoms with Gasteiger partial charge in [0.05, 0.1) is 5.69 Å². The molecule has 1 heterocycles. The molecule has 6 nitrogen and oxygen atoms in total. The van der Waals surface area contributed by atoms with Crippen molar-refractivity contribution in [1.29, 1.82) is 0 Å². The zero-order valence-electron chi connectivity index (χ0n) is 9.67. The Morgan fingerprint density at radius 2 is 2.12 bits per heavy atom. The van der Waals surface area contributed by atoms with Crippen LogP contribution in [0.25, 0.3) is 0 Å². The van der Waals surface area contributed by atoms with Gasteiger partial charge in [-0.3, -0.25) is 0 Å². The Kier molecular flexibility index (Phi) is 3.73. The maximum Gasteiger partial charge on any atom is 0.358 e. The lowest BCUT2D eigenvalue weighted by molar-refractivity contribution is 0.0688. The molecular weight excluding hydrogens is 222 g/mol. The highest BCUT2D eigenvalue weighted by Crippen LogP contribution is 2.35. The molecule has 0 atom stereocenters. The number of carboxylic acids is 1. The minimum absolute atomic E-state index is 0.0758. The van der Waals surface area contributed by atoms with Gasteiger partial charge in [0.15, 0.2) is 5.69 Å². The Hall–Kier alpha value is -1.43. The van der Waals surface area contributed by atoms with E-state index in [4.69, 9.17) is 10.2 Å². The standard InChI is InChI=1S/C11H17N3O3/c15-7-3-6-14-10(8-4-1-2-5-8)9(11(16)17)12-13-14/h8,15H,1-7H2,(H,16,17). The maximum absolute atomic E-state index is 11.1. The maximum atomic E-state index is 11.1. The number of carbonyl (C=O) groups is 1. The van der Waals surface area contributed by atoms with E-state index < -0.39 is 5.97 Å². The van der Waals surface area contributed by atoms with Crippen molar-refractivity contribution in [2.75, 3.05) is 6.61 Å². The number of carboxylic acid groups (broad SMARTS) is 1. The van der Waals surface area contributed by atoms with Gasteiger partial charge in [-0.2, -0.15) is 0 Å². The Morgan fingerprint density at radius 3 is 2.71 bits per heavy atom. The van der Waals surface area contributed by atoms with Gasteiger partial charge in [0.25, 0.3) is 0 Å². The summed E-state index contributed by atoms with van der Waals surface area (Å²) in [5.74, 6) is -0.753. The van der Waals surface area contributed by atoms with Crippen LogP contribution in [-0.2, 0) is 6.54 Å². The van der Waals surface area contributed by atoms with Crippen molar-refractivity contribution in [2.24, 2.45) is 0 Å². The molecule has 1 aromatic rings. The van der Waals surface area contributed by atoms with Crippen LogP contribution in [0.3, 0.4) is 0 Å². The lowest BCUT2D eigenvalue weighted by atomic mass is 10.0. The molecule has 6 heteroatoms. The molecule has 1 aliphatic rings. The molecule has 1 saturated carbocycles. The van der Waals surface area contributed by atoms with E-state index in [1.54, 1.807) is 4.68 Å². The summed E-state index contributed by atoms with van der Waals surface area (Å²) in [5, 5.41) is 25.6. The lowest BCUT2D eigenvalue weighted by Crippen LogP contribution is -2.12. The summed E-state index contributed by atoms with van der Waals surface area (Å²) >= 11 is 0. The van der Waals surface area contributed by atoms with E-state index >= 15 is 0 Å². The average Bonchev–Trinajstić information content (AvgIpc) is 2.94. The number of aromatic carboxylic acids is 1. The summed E-state index contributed by atoms with van der Waals surface area (Å²) in [7, 11) is 0. The van der Waals surface area contributed by atoms with Crippen molar-refractivity contribution in [1.82, 2.24) is 15.0 Å². The second-order valence-electron chi connectivity index (χ2n) is 4.41. The van der Waals surface area contributed by atoms with Gasteiger partial charge in [-0.05, 0) is 19.3 Å². The summed E-state index contributed by atoms with van der Waals surface area (Å²) in [5.41, 5.74) is 0.818. The van der Waals surface area contributed by atoms with Gasteiger partial charge < -0.3 is 10.2 Å². The summed E-state index contributed by atoms with van der Waals surface area (Å²) in [6.45, 7) is 0.606. The number of aliphatic hydroxyl groups is 1. The van der Waals surface area contributed by atoms with E-state index in [2.05, 4.69) is 10.3 Å². The van der Waals surface area contributed by atoms with Gasteiger partial charge in [0.2, 0.25) is 0 Å². The molecule has 2 rings (SSSR count). The van der Waals surface area contributed by atoms with Crippen molar-refractivity contribution in [3.8, 4) is 0 Å². The average molecular weight is 239 g/mol. The van der Waals surface area contributed by atoms with E-state index in [1.807, 2.05) is 0 Å². The van der Waals surface area contributed by atoms with Crippen LogP contribution < -0.4 is 0 Å². The van der Waals surface area contributed by atoms with Gasteiger partial charge in [0, 0.05) is 19.1 Å². The molecule has 0 radical (unpaired) electrons. The third-order valence-electron chi connectivity index (χ3n) is 3.25.